The van der Waals surface area contributed by atoms with Crippen molar-refractivity contribution in [3.63, 3.8) is 0 Å². The molecule has 1 heteroatoms. The van der Waals surface area contributed by atoms with Crippen molar-refractivity contribution in [3.8, 4) is 0 Å². The van der Waals surface area contributed by atoms with Crippen LogP contribution < -0.4 is 0 Å². The van der Waals surface area contributed by atoms with E-state index in [0.717, 1.165) is 6.42 Å². The van der Waals surface area contributed by atoms with Crippen molar-refractivity contribution < 1.29 is 4.74 Å². The average molecular weight is 278 g/mol. The molecule has 0 bridgehead atoms. The summed E-state index contributed by atoms with van der Waals surface area (Å²) >= 11 is 0. The maximum Gasteiger partial charge on any atom is 0.105 e. The third-order valence-corrected chi connectivity index (χ3v) is 4.24. The molecule has 0 heterocycles. The number of hydrogen-bond donors (Lipinski definition) is 0. The van der Waals surface area contributed by atoms with Crippen molar-refractivity contribution in [2.24, 2.45) is 0 Å². The van der Waals surface area contributed by atoms with Crippen LogP contribution in [-0.4, -0.2) is 6.10 Å². The smallest absolute Gasteiger partial charge is 0.105 e. The Hall–Kier alpha value is -2.02. The Kier molecular flexibility index (Phi) is 4.73. The Morgan fingerprint density at radius 3 is 2.24 bits per heavy atom. The summed E-state index contributed by atoms with van der Waals surface area (Å²) < 4.78 is 6.07. The molecule has 108 valence electrons. The molecule has 1 saturated carbocycles. The van der Waals surface area contributed by atoms with Gasteiger partial charge in [-0.05, 0) is 36.5 Å². The van der Waals surface area contributed by atoms with Gasteiger partial charge in [0.1, 0.15) is 6.10 Å². The van der Waals surface area contributed by atoms with Crippen molar-refractivity contribution >= 4 is 6.08 Å². The van der Waals surface area contributed by atoms with Crippen LogP contribution in [0.4, 0.5) is 0 Å². The lowest BCUT2D eigenvalue weighted by Gasteiger charge is -2.31. The van der Waals surface area contributed by atoms with Crippen LogP contribution in [0.1, 0.15) is 42.7 Å². The molecule has 0 aromatic heterocycles. The number of benzene rings is 2. The second-order valence-electron chi connectivity index (χ2n) is 5.69. The van der Waals surface area contributed by atoms with E-state index in [4.69, 9.17) is 4.74 Å². The molecular weight excluding hydrogens is 256 g/mol. The van der Waals surface area contributed by atoms with E-state index in [2.05, 4.69) is 48.5 Å². The molecule has 0 spiro atoms. The molecule has 21 heavy (non-hydrogen) atoms. The van der Waals surface area contributed by atoms with Crippen molar-refractivity contribution in [2.45, 2.75) is 37.7 Å². The number of rotatable bonds is 4. The molecule has 0 amide bonds. The molecule has 2 aromatic rings. The minimum absolute atomic E-state index is 0.307. The second-order valence-corrected chi connectivity index (χ2v) is 5.69. The molecule has 3 rings (SSSR count). The van der Waals surface area contributed by atoms with Crippen LogP contribution >= 0.6 is 0 Å². The SMILES string of the molecule is C(=C/c1ccccc1)/O[C@@H]1CCCC[C@H]1c1ccccc1. The highest BCUT2D eigenvalue weighted by atomic mass is 16.5. The van der Waals surface area contributed by atoms with Crippen LogP contribution in [0.3, 0.4) is 0 Å². The Bertz CT molecular complexity index is 559. The molecule has 0 unspecified atom stereocenters. The first-order valence-electron chi connectivity index (χ1n) is 7.85. The summed E-state index contributed by atoms with van der Waals surface area (Å²) in [5, 5.41) is 0. The fourth-order valence-corrected chi connectivity index (χ4v) is 3.12. The highest BCUT2D eigenvalue weighted by Gasteiger charge is 2.26. The minimum Gasteiger partial charge on any atom is -0.497 e. The molecular formula is C20H22O. The summed E-state index contributed by atoms with van der Waals surface area (Å²) in [6, 6.07) is 21.1. The topological polar surface area (TPSA) is 9.23 Å². The zero-order valence-electron chi connectivity index (χ0n) is 12.3. The van der Waals surface area contributed by atoms with Crippen LogP contribution in [0.5, 0.6) is 0 Å². The average Bonchev–Trinajstić information content (AvgIpc) is 2.57. The van der Waals surface area contributed by atoms with Gasteiger partial charge in [-0.2, -0.15) is 0 Å². The summed E-state index contributed by atoms with van der Waals surface area (Å²) in [5.41, 5.74) is 2.60. The molecule has 1 fully saturated rings. The van der Waals surface area contributed by atoms with Gasteiger partial charge >= 0.3 is 0 Å². The molecule has 1 aliphatic rings. The maximum atomic E-state index is 6.07. The summed E-state index contributed by atoms with van der Waals surface area (Å²) in [5.74, 6) is 0.528. The van der Waals surface area contributed by atoms with E-state index < -0.39 is 0 Å². The van der Waals surface area contributed by atoms with E-state index in [0.29, 0.717) is 12.0 Å². The van der Waals surface area contributed by atoms with Crippen LogP contribution in [-0.2, 0) is 4.74 Å². The molecule has 0 radical (unpaired) electrons. The Labute approximate surface area is 127 Å². The third kappa shape index (κ3) is 3.75. The number of hydrogen-bond acceptors (Lipinski definition) is 1. The fourth-order valence-electron chi connectivity index (χ4n) is 3.12. The van der Waals surface area contributed by atoms with Crippen molar-refractivity contribution in [1.29, 1.82) is 0 Å². The van der Waals surface area contributed by atoms with Crippen LogP contribution in [0.25, 0.3) is 6.08 Å². The lowest BCUT2D eigenvalue weighted by atomic mass is 9.81. The van der Waals surface area contributed by atoms with Crippen molar-refractivity contribution in [3.05, 3.63) is 78.1 Å². The van der Waals surface area contributed by atoms with E-state index in [9.17, 15) is 0 Å². The summed E-state index contributed by atoms with van der Waals surface area (Å²) in [6.45, 7) is 0. The van der Waals surface area contributed by atoms with Gasteiger partial charge in [0.25, 0.3) is 0 Å². The van der Waals surface area contributed by atoms with E-state index in [1.54, 1.807) is 0 Å². The highest BCUT2D eigenvalue weighted by Crippen LogP contribution is 2.35. The van der Waals surface area contributed by atoms with Gasteiger partial charge in [0.15, 0.2) is 0 Å². The predicted octanol–water partition coefficient (Wildman–Crippen LogP) is 5.40. The monoisotopic (exact) mass is 278 g/mol. The molecule has 0 saturated heterocycles. The molecule has 0 aliphatic heterocycles. The van der Waals surface area contributed by atoms with E-state index >= 15 is 0 Å². The van der Waals surface area contributed by atoms with Gasteiger partial charge in [-0.3, -0.25) is 0 Å². The van der Waals surface area contributed by atoms with Crippen molar-refractivity contribution in [1.82, 2.24) is 0 Å². The standard InChI is InChI=1S/C20H22O/c1-3-9-17(10-4-1)15-16-21-20-14-8-7-13-19(20)18-11-5-2-6-12-18/h1-6,9-12,15-16,19-20H,7-8,13-14H2/b16-15-/t19-,20+/m0/s1. The normalized spacial score (nSPS) is 22.3. The predicted molar refractivity (Wildman–Crippen MR) is 88.0 cm³/mol. The summed E-state index contributed by atoms with van der Waals surface area (Å²) in [6.07, 6.45) is 9.19. The third-order valence-electron chi connectivity index (χ3n) is 4.24. The van der Waals surface area contributed by atoms with E-state index in [1.165, 1.54) is 30.4 Å². The van der Waals surface area contributed by atoms with Crippen molar-refractivity contribution in [2.75, 3.05) is 0 Å². The van der Waals surface area contributed by atoms with E-state index in [1.807, 2.05) is 24.5 Å². The first kappa shape index (κ1) is 13.9. The van der Waals surface area contributed by atoms with E-state index in [-0.39, 0.29) is 0 Å². The lowest BCUT2D eigenvalue weighted by Crippen LogP contribution is -2.24. The van der Waals surface area contributed by atoms with Gasteiger partial charge in [-0.1, -0.05) is 67.1 Å². The summed E-state index contributed by atoms with van der Waals surface area (Å²) in [4.78, 5) is 0. The van der Waals surface area contributed by atoms with Gasteiger partial charge in [0.2, 0.25) is 0 Å². The second kappa shape index (κ2) is 7.12. The zero-order chi connectivity index (χ0) is 14.3. The molecule has 1 nitrogen and oxygen atoms in total. The zero-order valence-corrected chi connectivity index (χ0v) is 12.3. The lowest BCUT2D eigenvalue weighted by molar-refractivity contribution is 0.0862. The Morgan fingerprint density at radius 2 is 1.48 bits per heavy atom. The molecule has 2 atom stereocenters. The molecule has 1 aliphatic carbocycles. The van der Waals surface area contributed by atoms with Gasteiger partial charge in [-0.15, -0.1) is 0 Å². The first-order chi connectivity index (χ1) is 10.4. The molecule has 2 aromatic carbocycles. The summed E-state index contributed by atoms with van der Waals surface area (Å²) in [7, 11) is 0. The quantitative estimate of drug-likeness (QED) is 0.680. The minimum atomic E-state index is 0.307. The molecule has 0 N–H and O–H groups in total. The van der Waals surface area contributed by atoms with Gasteiger partial charge in [0, 0.05) is 5.92 Å². The highest BCUT2D eigenvalue weighted by molar-refractivity contribution is 5.47. The maximum absolute atomic E-state index is 6.07. The fraction of sp³-hybridized carbons (Fsp3) is 0.300. The Morgan fingerprint density at radius 1 is 0.810 bits per heavy atom. The Balaban J connectivity index is 1.66. The van der Waals surface area contributed by atoms with Crippen LogP contribution in [0.15, 0.2) is 66.9 Å². The van der Waals surface area contributed by atoms with Gasteiger partial charge in [-0.25, -0.2) is 0 Å². The van der Waals surface area contributed by atoms with Crippen LogP contribution in [0.2, 0.25) is 0 Å². The number of ether oxygens (including phenoxy) is 1. The van der Waals surface area contributed by atoms with Crippen LogP contribution in [0, 0.1) is 0 Å². The van der Waals surface area contributed by atoms with Gasteiger partial charge in [0.05, 0.1) is 6.26 Å². The largest absolute Gasteiger partial charge is 0.497 e. The van der Waals surface area contributed by atoms with Gasteiger partial charge < -0.3 is 4.74 Å². The first-order valence-corrected chi connectivity index (χ1v) is 7.85.